The van der Waals surface area contributed by atoms with Crippen LogP contribution in [0, 0.1) is 0 Å². The van der Waals surface area contributed by atoms with E-state index in [-0.39, 0.29) is 0 Å². The second-order valence-electron chi connectivity index (χ2n) is 5.09. The van der Waals surface area contributed by atoms with Crippen molar-refractivity contribution in [2.75, 3.05) is 18.5 Å². The maximum absolute atomic E-state index is 5.79. The van der Waals surface area contributed by atoms with Crippen molar-refractivity contribution in [2.45, 2.75) is 18.9 Å². The van der Waals surface area contributed by atoms with Crippen molar-refractivity contribution < 1.29 is 4.74 Å². The summed E-state index contributed by atoms with van der Waals surface area (Å²) in [7, 11) is 0. The fraction of sp³-hybridized carbons (Fsp3) is 0.312. The summed E-state index contributed by atoms with van der Waals surface area (Å²) < 4.78 is 5.65. The molecule has 0 bridgehead atoms. The minimum Gasteiger partial charge on any atom is -0.389 e. The lowest BCUT2D eigenvalue weighted by molar-refractivity contribution is 0.120. The molecule has 0 aliphatic carbocycles. The van der Waals surface area contributed by atoms with Gasteiger partial charge in [0.1, 0.15) is 4.99 Å². The molecule has 0 spiro atoms. The van der Waals surface area contributed by atoms with Crippen LogP contribution in [0.3, 0.4) is 0 Å². The molecule has 2 aromatic carbocycles. The molecule has 1 saturated heterocycles. The van der Waals surface area contributed by atoms with Crippen LogP contribution >= 0.6 is 12.2 Å². The SMILES string of the molecule is NC(=S)c1ccc(NCC2CCCO2)c2ccccc12. The third kappa shape index (κ3) is 2.62. The smallest absolute Gasteiger partial charge is 0.104 e. The Morgan fingerprint density at radius 1 is 1.25 bits per heavy atom. The molecular weight excluding hydrogens is 268 g/mol. The standard InChI is InChI=1S/C16H18N2OS/c17-16(20)14-7-8-15(13-6-2-1-5-12(13)14)18-10-11-4-3-9-19-11/h1-2,5-8,11,18H,3-4,9-10H2,(H2,17,20). The van der Waals surface area contributed by atoms with Gasteiger partial charge in [0, 0.05) is 29.8 Å². The summed E-state index contributed by atoms with van der Waals surface area (Å²) in [5.74, 6) is 0. The van der Waals surface area contributed by atoms with Crippen LogP contribution in [0.1, 0.15) is 18.4 Å². The van der Waals surface area contributed by atoms with E-state index >= 15 is 0 Å². The summed E-state index contributed by atoms with van der Waals surface area (Å²) in [5, 5.41) is 5.73. The van der Waals surface area contributed by atoms with Crippen LogP contribution in [0.4, 0.5) is 5.69 Å². The normalized spacial score (nSPS) is 18.3. The molecule has 3 rings (SSSR count). The fourth-order valence-corrected chi connectivity index (χ4v) is 2.88. The van der Waals surface area contributed by atoms with Crippen molar-refractivity contribution in [1.29, 1.82) is 0 Å². The van der Waals surface area contributed by atoms with Gasteiger partial charge in [0.15, 0.2) is 0 Å². The number of anilines is 1. The van der Waals surface area contributed by atoms with Crippen LogP contribution in [0.25, 0.3) is 10.8 Å². The summed E-state index contributed by atoms with van der Waals surface area (Å²) in [6.45, 7) is 1.73. The molecule has 4 heteroatoms. The van der Waals surface area contributed by atoms with Gasteiger partial charge in [0.2, 0.25) is 0 Å². The first-order chi connectivity index (χ1) is 9.75. The largest absolute Gasteiger partial charge is 0.389 e. The van der Waals surface area contributed by atoms with Crippen LogP contribution in [0.5, 0.6) is 0 Å². The lowest BCUT2D eigenvalue weighted by Crippen LogP contribution is -2.18. The van der Waals surface area contributed by atoms with E-state index in [0.717, 1.165) is 48.0 Å². The third-order valence-electron chi connectivity index (χ3n) is 3.73. The fourth-order valence-electron chi connectivity index (χ4n) is 2.70. The van der Waals surface area contributed by atoms with E-state index < -0.39 is 0 Å². The zero-order valence-corrected chi connectivity index (χ0v) is 12.1. The molecule has 1 atom stereocenters. The van der Waals surface area contributed by atoms with Gasteiger partial charge in [-0.3, -0.25) is 0 Å². The first kappa shape index (κ1) is 13.3. The predicted octanol–water partition coefficient (Wildman–Crippen LogP) is 3.06. The highest BCUT2D eigenvalue weighted by Gasteiger charge is 2.15. The molecule has 3 nitrogen and oxygen atoms in total. The summed E-state index contributed by atoms with van der Waals surface area (Å²) in [5.41, 5.74) is 7.83. The topological polar surface area (TPSA) is 47.3 Å². The second-order valence-corrected chi connectivity index (χ2v) is 5.53. The minimum atomic E-state index is 0.323. The van der Waals surface area contributed by atoms with Gasteiger partial charge in [-0.25, -0.2) is 0 Å². The zero-order chi connectivity index (χ0) is 13.9. The second kappa shape index (κ2) is 5.77. The maximum Gasteiger partial charge on any atom is 0.104 e. The van der Waals surface area contributed by atoms with Crippen molar-refractivity contribution in [3.8, 4) is 0 Å². The van der Waals surface area contributed by atoms with Crippen LogP contribution in [0.2, 0.25) is 0 Å². The van der Waals surface area contributed by atoms with E-state index in [4.69, 9.17) is 22.7 Å². The monoisotopic (exact) mass is 286 g/mol. The highest BCUT2D eigenvalue weighted by atomic mass is 32.1. The van der Waals surface area contributed by atoms with Crippen molar-refractivity contribution in [3.05, 3.63) is 42.0 Å². The van der Waals surface area contributed by atoms with E-state index in [2.05, 4.69) is 17.4 Å². The average Bonchev–Trinajstić information content (AvgIpc) is 2.97. The number of hydrogen-bond acceptors (Lipinski definition) is 3. The van der Waals surface area contributed by atoms with Crippen LogP contribution < -0.4 is 11.1 Å². The van der Waals surface area contributed by atoms with E-state index in [1.54, 1.807) is 0 Å². The van der Waals surface area contributed by atoms with Gasteiger partial charge in [0.25, 0.3) is 0 Å². The molecule has 1 unspecified atom stereocenters. The van der Waals surface area contributed by atoms with Gasteiger partial charge in [-0.15, -0.1) is 0 Å². The Morgan fingerprint density at radius 3 is 2.75 bits per heavy atom. The Balaban J connectivity index is 1.91. The first-order valence-corrected chi connectivity index (χ1v) is 7.33. The zero-order valence-electron chi connectivity index (χ0n) is 11.3. The molecule has 0 aromatic heterocycles. The van der Waals surface area contributed by atoms with E-state index in [1.165, 1.54) is 0 Å². The van der Waals surface area contributed by atoms with Crippen molar-refractivity contribution >= 4 is 33.7 Å². The Morgan fingerprint density at radius 2 is 2.05 bits per heavy atom. The molecule has 1 heterocycles. The van der Waals surface area contributed by atoms with E-state index in [9.17, 15) is 0 Å². The number of rotatable bonds is 4. The van der Waals surface area contributed by atoms with E-state index in [0.29, 0.717) is 11.1 Å². The number of nitrogens with one attached hydrogen (secondary N) is 1. The Hall–Kier alpha value is -1.65. The van der Waals surface area contributed by atoms with Gasteiger partial charge < -0.3 is 15.8 Å². The van der Waals surface area contributed by atoms with Crippen molar-refractivity contribution in [3.63, 3.8) is 0 Å². The number of benzene rings is 2. The molecule has 3 N–H and O–H groups in total. The van der Waals surface area contributed by atoms with Gasteiger partial charge in [-0.2, -0.15) is 0 Å². The quantitative estimate of drug-likeness (QED) is 0.848. The lowest BCUT2D eigenvalue weighted by atomic mass is 10.0. The van der Waals surface area contributed by atoms with Gasteiger partial charge >= 0.3 is 0 Å². The summed E-state index contributed by atoms with van der Waals surface area (Å²) in [6.07, 6.45) is 2.62. The molecule has 20 heavy (non-hydrogen) atoms. The number of thiocarbonyl (C=S) groups is 1. The van der Waals surface area contributed by atoms with Gasteiger partial charge in [-0.05, 0) is 30.4 Å². The Kier molecular flexibility index (Phi) is 3.85. The van der Waals surface area contributed by atoms with Gasteiger partial charge in [-0.1, -0.05) is 36.5 Å². The number of nitrogens with two attached hydrogens (primary N) is 1. The number of hydrogen-bond donors (Lipinski definition) is 2. The van der Waals surface area contributed by atoms with Gasteiger partial charge in [0.05, 0.1) is 6.10 Å². The average molecular weight is 286 g/mol. The molecule has 0 saturated carbocycles. The summed E-state index contributed by atoms with van der Waals surface area (Å²) in [4.78, 5) is 0.437. The third-order valence-corrected chi connectivity index (χ3v) is 3.95. The van der Waals surface area contributed by atoms with Crippen molar-refractivity contribution in [2.24, 2.45) is 5.73 Å². The number of fused-ring (bicyclic) bond motifs is 1. The highest BCUT2D eigenvalue weighted by Crippen LogP contribution is 2.27. The maximum atomic E-state index is 5.79. The van der Waals surface area contributed by atoms with Crippen molar-refractivity contribution in [1.82, 2.24) is 0 Å². The first-order valence-electron chi connectivity index (χ1n) is 6.93. The molecule has 104 valence electrons. The molecule has 1 fully saturated rings. The molecule has 0 radical (unpaired) electrons. The van der Waals surface area contributed by atoms with Crippen LogP contribution in [0.15, 0.2) is 36.4 Å². The predicted molar refractivity (Wildman–Crippen MR) is 87.3 cm³/mol. The highest BCUT2D eigenvalue weighted by molar-refractivity contribution is 7.80. The molecular formula is C16H18N2OS. The van der Waals surface area contributed by atoms with Crippen LogP contribution in [-0.4, -0.2) is 24.2 Å². The number of ether oxygens (including phenoxy) is 1. The summed E-state index contributed by atoms with van der Waals surface area (Å²) in [6, 6.07) is 12.2. The lowest BCUT2D eigenvalue weighted by Gasteiger charge is -2.15. The molecule has 0 amide bonds. The minimum absolute atomic E-state index is 0.323. The molecule has 1 aliphatic rings. The summed E-state index contributed by atoms with van der Waals surface area (Å²) >= 11 is 5.12. The van der Waals surface area contributed by atoms with E-state index in [1.807, 2.05) is 24.3 Å². The Bertz CT molecular complexity index is 635. The van der Waals surface area contributed by atoms with Crippen LogP contribution in [-0.2, 0) is 4.74 Å². The molecule has 1 aliphatic heterocycles. The Labute approximate surface area is 124 Å². The molecule has 2 aromatic rings.